The molecule has 0 fully saturated rings. The largest absolute Gasteiger partial charge is 0.394 e. The van der Waals surface area contributed by atoms with Crippen molar-refractivity contribution < 1.29 is 5.11 Å². The van der Waals surface area contributed by atoms with Gasteiger partial charge < -0.3 is 15.4 Å². The second kappa shape index (κ2) is 3.84. The summed E-state index contributed by atoms with van der Waals surface area (Å²) < 4.78 is 1.80. The van der Waals surface area contributed by atoms with Crippen LogP contribution in [0.5, 0.6) is 0 Å². The number of nitrogen functional groups attached to an aromatic ring is 1. The van der Waals surface area contributed by atoms with Gasteiger partial charge in [-0.2, -0.15) is 0 Å². The molecule has 1 heterocycles. The summed E-state index contributed by atoms with van der Waals surface area (Å²) in [5, 5.41) is 9.50. The fourth-order valence-corrected chi connectivity index (χ4v) is 1.09. The number of nitrogens with zero attached hydrogens (tertiary/aromatic N) is 1. The Hall–Kier alpha value is -1.29. The molecule has 1 aromatic rings. The number of aliphatic hydroxyl groups is 1. The third-order valence-corrected chi connectivity index (χ3v) is 1.99. The summed E-state index contributed by atoms with van der Waals surface area (Å²) in [6.45, 7) is 4.14. The van der Waals surface area contributed by atoms with Crippen molar-refractivity contribution >= 4 is 5.69 Å². The van der Waals surface area contributed by atoms with Gasteiger partial charge in [0.2, 0.25) is 5.43 Å². The highest BCUT2D eigenvalue weighted by Gasteiger charge is 2.11. The zero-order chi connectivity index (χ0) is 10.8. The van der Waals surface area contributed by atoms with Gasteiger partial charge in [0.25, 0.3) is 0 Å². The van der Waals surface area contributed by atoms with Crippen molar-refractivity contribution in [1.29, 1.82) is 0 Å². The molecular formula is C10H16N2O2. The summed E-state index contributed by atoms with van der Waals surface area (Å²) in [5.74, 6) is 0. The first-order valence-corrected chi connectivity index (χ1v) is 4.56. The number of rotatable bonds is 3. The molecule has 0 bridgehead atoms. The van der Waals surface area contributed by atoms with Crippen LogP contribution < -0.4 is 11.2 Å². The van der Waals surface area contributed by atoms with Crippen molar-refractivity contribution in [2.75, 3.05) is 5.73 Å². The average molecular weight is 196 g/mol. The van der Waals surface area contributed by atoms with Crippen molar-refractivity contribution in [2.45, 2.75) is 32.4 Å². The van der Waals surface area contributed by atoms with Crippen molar-refractivity contribution in [2.24, 2.45) is 0 Å². The van der Waals surface area contributed by atoms with E-state index in [0.29, 0.717) is 13.0 Å². The first-order chi connectivity index (χ1) is 6.38. The van der Waals surface area contributed by atoms with Crippen LogP contribution >= 0.6 is 0 Å². The Morgan fingerprint density at radius 1 is 1.57 bits per heavy atom. The minimum atomic E-state index is -0.697. The molecule has 1 aromatic heterocycles. The van der Waals surface area contributed by atoms with E-state index in [0.717, 1.165) is 0 Å². The smallest absolute Gasteiger partial charge is 0.204 e. The molecule has 78 valence electrons. The van der Waals surface area contributed by atoms with Crippen molar-refractivity contribution in [1.82, 2.24) is 4.57 Å². The van der Waals surface area contributed by atoms with Crippen LogP contribution in [0.4, 0.5) is 5.69 Å². The summed E-state index contributed by atoms with van der Waals surface area (Å²) in [6.07, 6.45) is 3.88. The number of hydrogen-bond donors (Lipinski definition) is 2. The molecule has 0 spiro atoms. The van der Waals surface area contributed by atoms with Crippen LogP contribution in [0.1, 0.15) is 20.3 Å². The summed E-state index contributed by atoms with van der Waals surface area (Å²) in [6, 6.07) is 1.43. The fraction of sp³-hybridized carbons (Fsp3) is 0.500. The lowest BCUT2D eigenvalue weighted by atomic mass is 10.1. The first-order valence-electron chi connectivity index (χ1n) is 4.56. The zero-order valence-corrected chi connectivity index (χ0v) is 8.53. The maximum atomic E-state index is 11.0. The van der Waals surface area contributed by atoms with Gasteiger partial charge in [0, 0.05) is 25.0 Å². The van der Waals surface area contributed by atoms with Crippen LogP contribution in [0.15, 0.2) is 23.3 Å². The third kappa shape index (κ3) is 3.22. The van der Waals surface area contributed by atoms with Gasteiger partial charge in [0.05, 0.1) is 11.3 Å². The molecule has 0 aliphatic heterocycles. The maximum Gasteiger partial charge on any atom is 0.204 e. The van der Waals surface area contributed by atoms with E-state index in [1.807, 2.05) is 0 Å². The molecule has 4 heteroatoms. The van der Waals surface area contributed by atoms with Crippen LogP contribution in [-0.2, 0) is 6.54 Å². The number of nitrogens with two attached hydrogens (primary N) is 1. The van der Waals surface area contributed by atoms with Gasteiger partial charge in [-0.1, -0.05) is 0 Å². The van der Waals surface area contributed by atoms with E-state index in [9.17, 15) is 9.90 Å². The van der Waals surface area contributed by atoms with Gasteiger partial charge >= 0.3 is 0 Å². The maximum absolute atomic E-state index is 11.0. The van der Waals surface area contributed by atoms with Crippen LogP contribution in [0, 0.1) is 0 Å². The van der Waals surface area contributed by atoms with E-state index in [-0.39, 0.29) is 11.1 Å². The van der Waals surface area contributed by atoms with E-state index in [1.54, 1.807) is 30.8 Å². The highest BCUT2D eigenvalue weighted by atomic mass is 16.3. The van der Waals surface area contributed by atoms with Crippen molar-refractivity contribution in [3.63, 3.8) is 0 Å². The van der Waals surface area contributed by atoms with Crippen molar-refractivity contribution in [3.8, 4) is 0 Å². The van der Waals surface area contributed by atoms with E-state index >= 15 is 0 Å². The zero-order valence-electron chi connectivity index (χ0n) is 8.53. The van der Waals surface area contributed by atoms with Gasteiger partial charge in [-0.05, 0) is 20.3 Å². The second-order valence-electron chi connectivity index (χ2n) is 4.06. The Morgan fingerprint density at radius 2 is 2.21 bits per heavy atom. The summed E-state index contributed by atoms with van der Waals surface area (Å²) in [4.78, 5) is 11.0. The monoisotopic (exact) mass is 196 g/mol. The molecule has 0 saturated carbocycles. The van der Waals surface area contributed by atoms with Crippen LogP contribution in [0.2, 0.25) is 0 Å². The molecule has 0 aromatic carbocycles. The molecule has 0 unspecified atom stereocenters. The summed E-state index contributed by atoms with van der Waals surface area (Å²) >= 11 is 0. The lowest BCUT2D eigenvalue weighted by Crippen LogP contribution is -2.21. The SMILES string of the molecule is CC(C)(O)CCn1ccc(=O)c(N)c1. The molecule has 0 saturated heterocycles. The first kappa shape index (κ1) is 10.8. The molecule has 4 nitrogen and oxygen atoms in total. The van der Waals surface area contributed by atoms with E-state index < -0.39 is 5.60 Å². The van der Waals surface area contributed by atoms with Crippen molar-refractivity contribution in [3.05, 3.63) is 28.7 Å². The Morgan fingerprint density at radius 3 is 2.71 bits per heavy atom. The standard InChI is InChI=1S/C10H16N2O2/c1-10(2,14)4-6-12-5-3-9(13)8(11)7-12/h3,5,7,14H,4,6,11H2,1-2H3. The fourth-order valence-electron chi connectivity index (χ4n) is 1.09. The second-order valence-corrected chi connectivity index (χ2v) is 4.06. The summed E-state index contributed by atoms with van der Waals surface area (Å²) in [5.41, 5.74) is 4.84. The van der Waals surface area contributed by atoms with Gasteiger partial charge in [-0.15, -0.1) is 0 Å². The topological polar surface area (TPSA) is 68.2 Å². The number of aryl methyl sites for hydroxylation is 1. The predicted octanol–water partition coefficient (Wildman–Crippen LogP) is 0.592. The molecule has 0 atom stereocenters. The van der Waals surface area contributed by atoms with Crippen LogP contribution in [0.25, 0.3) is 0 Å². The Labute approximate surface area is 83.0 Å². The predicted molar refractivity (Wildman–Crippen MR) is 56.0 cm³/mol. The van der Waals surface area contributed by atoms with E-state index in [2.05, 4.69) is 0 Å². The van der Waals surface area contributed by atoms with Crippen LogP contribution in [-0.4, -0.2) is 15.3 Å². The molecule has 0 amide bonds. The van der Waals surface area contributed by atoms with Gasteiger partial charge in [-0.25, -0.2) is 0 Å². The Kier molecular flexibility index (Phi) is 2.96. The van der Waals surface area contributed by atoms with Gasteiger partial charge in [-0.3, -0.25) is 4.79 Å². The number of hydrogen-bond acceptors (Lipinski definition) is 3. The van der Waals surface area contributed by atoms with E-state index in [1.165, 1.54) is 6.07 Å². The third-order valence-electron chi connectivity index (χ3n) is 1.99. The molecule has 14 heavy (non-hydrogen) atoms. The van der Waals surface area contributed by atoms with Crippen LogP contribution in [0.3, 0.4) is 0 Å². The molecule has 0 aliphatic carbocycles. The average Bonchev–Trinajstić information content (AvgIpc) is 2.06. The lowest BCUT2D eigenvalue weighted by molar-refractivity contribution is 0.0662. The summed E-state index contributed by atoms with van der Waals surface area (Å²) in [7, 11) is 0. The normalized spacial score (nSPS) is 11.6. The number of pyridine rings is 1. The Balaban J connectivity index is 2.70. The molecule has 1 rings (SSSR count). The number of aromatic nitrogens is 1. The van der Waals surface area contributed by atoms with E-state index in [4.69, 9.17) is 5.73 Å². The highest BCUT2D eigenvalue weighted by molar-refractivity contribution is 5.33. The molecule has 3 N–H and O–H groups in total. The highest BCUT2D eigenvalue weighted by Crippen LogP contribution is 2.08. The quantitative estimate of drug-likeness (QED) is 0.743. The molecule has 0 aliphatic rings. The van der Waals surface area contributed by atoms with Gasteiger partial charge in [0.1, 0.15) is 0 Å². The Bertz CT molecular complexity index is 363. The lowest BCUT2D eigenvalue weighted by Gasteiger charge is -2.17. The number of anilines is 1. The molecular weight excluding hydrogens is 180 g/mol. The molecule has 0 radical (unpaired) electrons. The minimum absolute atomic E-state index is 0.162. The minimum Gasteiger partial charge on any atom is -0.394 e. The van der Waals surface area contributed by atoms with Gasteiger partial charge in [0.15, 0.2) is 0 Å².